The molecule has 0 saturated heterocycles. The first-order valence-corrected chi connectivity index (χ1v) is 9.62. The number of hydrogen-bond acceptors (Lipinski definition) is 3. The number of amides is 3. The Labute approximate surface area is 159 Å². The Kier molecular flexibility index (Phi) is 6.90. The third kappa shape index (κ3) is 6.16. The monoisotopic (exact) mass is 369 g/mol. The van der Waals surface area contributed by atoms with Crippen LogP contribution in [0.3, 0.4) is 0 Å². The minimum Gasteiger partial charge on any atom is -0.467 e. The van der Waals surface area contributed by atoms with Gasteiger partial charge in [0.05, 0.1) is 12.8 Å². The zero-order valence-electron chi connectivity index (χ0n) is 15.4. The Morgan fingerprint density at radius 3 is 2.52 bits per heavy atom. The molecule has 2 aromatic rings. The van der Waals surface area contributed by atoms with Gasteiger partial charge in [0, 0.05) is 12.5 Å². The van der Waals surface area contributed by atoms with E-state index in [1.807, 2.05) is 30.3 Å². The van der Waals surface area contributed by atoms with Gasteiger partial charge in [0.15, 0.2) is 0 Å². The van der Waals surface area contributed by atoms with Gasteiger partial charge in [-0.3, -0.25) is 4.79 Å². The maximum Gasteiger partial charge on any atom is 0.315 e. The van der Waals surface area contributed by atoms with Crippen molar-refractivity contribution in [2.75, 3.05) is 0 Å². The van der Waals surface area contributed by atoms with Crippen LogP contribution in [0.2, 0.25) is 0 Å². The summed E-state index contributed by atoms with van der Waals surface area (Å²) >= 11 is 0. The Bertz CT molecular complexity index is 710. The smallest absolute Gasteiger partial charge is 0.315 e. The summed E-state index contributed by atoms with van der Waals surface area (Å²) in [6.07, 6.45) is 7.51. The minimum atomic E-state index is -0.647. The number of benzene rings is 1. The molecule has 144 valence electrons. The summed E-state index contributed by atoms with van der Waals surface area (Å²) in [6.45, 7) is 0.295. The molecular formula is C21H27N3O3. The molecule has 1 saturated carbocycles. The van der Waals surface area contributed by atoms with Gasteiger partial charge in [-0.05, 0) is 30.5 Å². The maximum absolute atomic E-state index is 12.7. The van der Waals surface area contributed by atoms with Crippen LogP contribution >= 0.6 is 0 Å². The fraction of sp³-hybridized carbons (Fsp3) is 0.429. The largest absolute Gasteiger partial charge is 0.467 e. The first-order chi connectivity index (χ1) is 13.2. The summed E-state index contributed by atoms with van der Waals surface area (Å²) in [5, 5.41) is 8.70. The molecule has 0 bridgehead atoms. The molecule has 1 aromatic heterocycles. The van der Waals surface area contributed by atoms with Crippen LogP contribution in [0.5, 0.6) is 0 Å². The molecule has 0 unspecified atom stereocenters. The predicted molar refractivity (Wildman–Crippen MR) is 103 cm³/mol. The molecule has 1 heterocycles. The summed E-state index contributed by atoms with van der Waals surface area (Å²) in [5.74, 6) is 0.447. The molecule has 0 aliphatic heterocycles. The molecule has 3 N–H and O–H groups in total. The maximum atomic E-state index is 12.7. The van der Waals surface area contributed by atoms with Crippen molar-refractivity contribution in [3.63, 3.8) is 0 Å². The topological polar surface area (TPSA) is 83.4 Å². The van der Waals surface area contributed by atoms with Gasteiger partial charge in [-0.15, -0.1) is 0 Å². The van der Waals surface area contributed by atoms with Crippen molar-refractivity contribution in [3.8, 4) is 0 Å². The van der Waals surface area contributed by atoms with Gasteiger partial charge >= 0.3 is 6.03 Å². The van der Waals surface area contributed by atoms with E-state index in [2.05, 4.69) is 16.0 Å². The first-order valence-electron chi connectivity index (χ1n) is 9.62. The lowest BCUT2D eigenvalue weighted by atomic mass is 9.96. The Morgan fingerprint density at radius 2 is 1.81 bits per heavy atom. The van der Waals surface area contributed by atoms with Gasteiger partial charge in [-0.2, -0.15) is 0 Å². The third-order valence-corrected chi connectivity index (χ3v) is 4.86. The van der Waals surface area contributed by atoms with Crippen molar-refractivity contribution < 1.29 is 14.0 Å². The lowest BCUT2D eigenvalue weighted by Gasteiger charge is -2.25. The number of rotatable bonds is 7. The van der Waals surface area contributed by atoms with E-state index in [1.54, 1.807) is 18.4 Å². The normalized spacial score (nSPS) is 15.7. The molecule has 3 amide bonds. The molecule has 6 nitrogen and oxygen atoms in total. The van der Waals surface area contributed by atoms with Crippen molar-refractivity contribution in [2.24, 2.45) is 0 Å². The summed E-state index contributed by atoms with van der Waals surface area (Å²) in [6, 6.07) is 12.5. The third-order valence-electron chi connectivity index (χ3n) is 4.86. The molecular weight excluding hydrogens is 342 g/mol. The van der Waals surface area contributed by atoms with Gasteiger partial charge < -0.3 is 20.4 Å². The molecule has 6 heteroatoms. The minimum absolute atomic E-state index is 0.197. The second-order valence-electron chi connectivity index (χ2n) is 6.99. The second kappa shape index (κ2) is 9.80. The molecule has 1 atom stereocenters. The number of carbonyl (C=O) groups is 2. The summed E-state index contributed by atoms with van der Waals surface area (Å²) in [5.41, 5.74) is 0.994. The Hall–Kier alpha value is -2.76. The van der Waals surface area contributed by atoms with E-state index >= 15 is 0 Å². The number of carbonyl (C=O) groups excluding carboxylic acids is 2. The fourth-order valence-corrected chi connectivity index (χ4v) is 3.40. The van der Waals surface area contributed by atoms with E-state index in [0.717, 1.165) is 31.2 Å². The summed E-state index contributed by atoms with van der Waals surface area (Å²) < 4.78 is 5.25. The lowest BCUT2D eigenvalue weighted by molar-refractivity contribution is -0.123. The van der Waals surface area contributed by atoms with Crippen LogP contribution in [0.25, 0.3) is 0 Å². The number of nitrogens with one attached hydrogen (secondary N) is 3. The van der Waals surface area contributed by atoms with Gasteiger partial charge in [0.25, 0.3) is 0 Å². The van der Waals surface area contributed by atoms with E-state index in [1.165, 1.54) is 6.42 Å². The lowest BCUT2D eigenvalue weighted by Crippen LogP contribution is -2.53. The van der Waals surface area contributed by atoms with E-state index in [4.69, 9.17) is 4.42 Å². The van der Waals surface area contributed by atoms with Gasteiger partial charge in [-0.25, -0.2) is 4.79 Å². The first kappa shape index (κ1) is 19.0. The molecule has 1 aromatic carbocycles. The fourth-order valence-electron chi connectivity index (χ4n) is 3.40. The zero-order chi connectivity index (χ0) is 18.9. The number of furan rings is 1. The highest BCUT2D eigenvalue weighted by molar-refractivity contribution is 5.87. The van der Waals surface area contributed by atoms with Crippen LogP contribution in [0.1, 0.15) is 43.4 Å². The highest BCUT2D eigenvalue weighted by Crippen LogP contribution is 2.17. The summed E-state index contributed by atoms with van der Waals surface area (Å²) in [7, 11) is 0. The Balaban J connectivity index is 1.59. The SMILES string of the molecule is O=C(NC1CCCCC1)N[C@@H](Cc1ccccc1)C(=O)NCc1ccco1. The van der Waals surface area contributed by atoms with E-state index in [9.17, 15) is 9.59 Å². The van der Waals surface area contributed by atoms with Gasteiger partial charge in [0.1, 0.15) is 11.8 Å². The molecule has 0 spiro atoms. The van der Waals surface area contributed by atoms with E-state index in [-0.39, 0.29) is 18.0 Å². The number of hydrogen-bond donors (Lipinski definition) is 3. The van der Waals surface area contributed by atoms with Crippen molar-refractivity contribution >= 4 is 11.9 Å². The quantitative estimate of drug-likeness (QED) is 0.701. The van der Waals surface area contributed by atoms with E-state index < -0.39 is 6.04 Å². The highest BCUT2D eigenvalue weighted by atomic mass is 16.3. The average molecular weight is 369 g/mol. The van der Waals surface area contributed by atoms with Crippen molar-refractivity contribution in [2.45, 2.75) is 57.2 Å². The van der Waals surface area contributed by atoms with Crippen LogP contribution in [0.4, 0.5) is 4.79 Å². The van der Waals surface area contributed by atoms with Gasteiger partial charge in [0.2, 0.25) is 5.91 Å². The Morgan fingerprint density at radius 1 is 1.04 bits per heavy atom. The van der Waals surface area contributed by atoms with Crippen LogP contribution < -0.4 is 16.0 Å². The predicted octanol–water partition coefficient (Wildman–Crippen LogP) is 3.14. The second-order valence-corrected chi connectivity index (χ2v) is 6.99. The van der Waals surface area contributed by atoms with Crippen LogP contribution in [-0.4, -0.2) is 24.0 Å². The van der Waals surface area contributed by atoms with Crippen LogP contribution in [-0.2, 0) is 17.8 Å². The van der Waals surface area contributed by atoms with Crippen LogP contribution in [0, 0.1) is 0 Å². The molecule has 1 aliphatic rings. The number of urea groups is 1. The van der Waals surface area contributed by atoms with Crippen molar-refractivity contribution in [1.82, 2.24) is 16.0 Å². The molecule has 1 aliphatic carbocycles. The van der Waals surface area contributed by atoms with Crippen LogP contribution in [0.15, 0.2) is 53.1 Å². The van der Waals surface area contributed by atoms with Crippen molar-refractivity contribution in [1.29, 1.82) is 0 Å². The van der Waals surface area contributed by atoms with Crippen molar-refractivity contribution in [3.05, 3.63) is 60.1 Å². The molecule has 27 heavy (non-hydrogen) atoms. The molecule has 0 radical (unpaired) electrons. The zero-order valence-corrected chi connectivity index (χ0v) is 15.4. The molecule has 1 fully saturated rings. The summed E-state index contributed by atoms with van der Waals surface area (Å²) in [4.78, 5) is 25.1. The van der Waals surface area contributed by atoms with Gasteiger partial charge in [-0.1, -0.05) is 49.6 Å². The highest BCUT2D eigenvalue weighted by Gasteiger charge is 2.23. The average Bonchev–Trinajstić information content (AvgIpc) is 3.21. The van der Waals surface area contributed by atoms with E-state index in [0.29, 0.717) is 18.7 Å². The standard InChI is InChI=1S/C21H27N3O3/c25-20(22-15-18-12-7-13-27-18)19(14-16-8-3-1-4-9-16)24-21(26)23-17-10-5-2-6-11-17/h1,3-4,7-9,12-13,17,19H,2,5-6,10-11,14-15H2,(H,22,25)(H2,23,24,26)/t19-/m0/s1. The molecule has 3 rings (SSSR count).